The number of hydrogen-bond acceptors (Lipinski definition) is 3. The van der Waals surface area contributed by atoms with Gasteiger partial charge in [-0.2, -0.15) is 5.10 Å². The lowest BCUT2D eigenvalue weighted by molar-refractivity contribution is -0.121. The number of aliphatic hydroxyl groups is 1. The summed E-state index contributed by atoms with van der Waals surface area (Å²) in [5, 5.41) is 16.3. The van der Waals surface area contributed by atoms with Crippen molar-refractivity contribution >= 4 is 5.91 Å². The maximum absolute atomic E-state index is 11.9. The predicted molar refractivity (Wildman–Crippen MR) is 80.5 cm³/mol. The molecular weight excluding hydrogens is 266 g/mol. The van der Waals surface area contributed by atoms with Gasteiger partial charge in [-0.05, 0) is 31.0 Å². The van der Waals surface area contributed by atoms with E-state index in [0.717, 1.165) is 22.5 Å². The van der Waals surface area contributed by atoms with Crippen molar-refractivity contribution in [2.45, 2.75) is 40.0 Å². The molecule has 1 heterocycles. The normalized spacial score (nSPS) is 10.6. The van der Waals surface area contributed by atoms with Gasteiger partial charge in [-0.3, -0.25) is 9.48 Å². The maximum atomic E-state index is 11.9. The van der Waals surface area contributed by atoms with Gasteiger partial charge in [0.15, 0.2) is 0 Å². The first-order valence-electron chi connectivity index (χ1n) is 7.05. The van der Waals surface area contributed by atoms with Gasteiger partial charge >= 0.3 is 0 Å². The topological polar surface area (TPSA) is 67.2 Å². The van der Waals surface area contributed by atoms with Gasteiger partial charge in [-0.25, -0.2) is 0 Å². The third-order valence-corrected chi connectivity index (χ3v) is 3.32. The summed E-state index contributed by atoms with van der Waals surface area (Å²) in [5.74, 6) is -0.00282. The van der Waals surface area contributed by atoms with E-state index in [-0.39, 0.29) is 12.5 Å². The van der Waals surface area contributed by atoms with Crippen LogP contribution in [0.15, 0.2) is 30.3 Å². The quantitative estimate of drug-likeness (QED) is 0.849. The fourth-order valence-electron chi connectivity index (χ4n) is 2.24. The molecule has 0 saturated heterocycles. The third kappa shape index (κ3) is 4.43. The lowest BCUT2D eigenvalue weighted by Gasteiger charge is -2.07. The monoisotopic (exact) mass is 287 g/mol. The average Bonchev–Trinajstić information content (AvgIpc) is 2.81. The van der Waals surface area contributed by atoms with Crippen LogP contribution in [0.3, 0.4) is 0 Å². The molecule has 0 aliphatic carbocycles. The number of aryl methyl sites for hydroxylation is 3. The number of rotatable bonds is 6. The number of aromatic nitrogens is 2. The highest BCUT2D eigenvalue weighted by Crippen LogP contribution is 2.05. The van der Waals surface area contributed by atoms with E-state index in [2.05, 4.69) is 10.4 Å². The Bertz CT molecular complexity index is 620. The van der Waals surface area contributed by atoms with Crippen molar-refractivity contribution in [2.75, 3.05) is 0 Å². The smallest absolute Gasteiger partial charge is 0.222 e. The van der Waals surface area contributed by atoms with Crippen LogP contribution in [0.25, 0.3) is 0 Å². The van der Waals surface area contributed by atoms with Gasteiger partial charge in [0.1, 0.15) is 0 Å². The molecule has 0 spiro atoms. The summed E-state index contributed by atoms with van der Waals surface area (Å²) in [6, 6.07) is 9.55. The van der Waals surface area contributed by atoms with Crippen molar-refractivity contribution in [3.05, 3.63) is 52.8 Å². The highest BCUT2D eigenvalue weighted by Gasteiger charge is 2.05. The number of nitrogens with zero attached hydrogens (tertiary/aromatic N) is 2. The third-order valence-electron chi connectivity index (χ3n) is 3.32. The Morgan fingerprint density at radius 3 is 2.71 bits per heavy atom. The van der Waals surface area contributed by atoms with Crippen LogP contribution in [-0.4, -0.2) is 20.8 Å². The molecule has 0 unspecified atom stereocenters. The number of carbonyl (C=O) groups is 1. The molecule has 1 aromatic carbocycles. The Balaban J connectivity index is 1.80. The molecule has 112 valence electrons. The molecule has 21 heavy (non-hydrogen) atoms. The molecule has 1 amide bonds. The molecule has 0 radical (unpaired) electrons. The Kier molecular flexibility index (Phi) is 5.11. The Morgan fingerprint density at radius 2 is 2.05 bits per heavy atom. The molecule has 0 atom stereocenters. The van der Waals surface area contributed by atoms with E-state index in [1.807, 2.05) is 48.9 Å². The fraction of sp³-hybridized carbons (Fsp3) is 0.375. The number of carbonyl (C=O) groups excluding carboxylic acids is 1. The highest BCUT2D eigenvalue weighted by molar-refractivity contribution is 5.75. The second-order valence-electron chi connectivity index (χ2n) is 5.16. The van der Waals surface area contributed by atoms with E-state index in [4.69, 9.17) is 5.11 Å². The van der Waals surface area contributed by atoms with E-state index >= 15 is 0 Å². The summed E-state index contributed by atoms with van der Waals surface area (Å²) in [5.41, 5.74) is 3.87. The molecule has 0 aliphatic heterocycles. The van der Waals surface area contributed by atoms with E-state index in [0.29, 0.717) is 19.5 Å². The van der Waals surface area contributed by atoms with Crippen LogP contribution in [-0.2, 0) is 24.5 Å². The van der Waals surface area contributed by atoms with Gasteiger partial charge in [-0.1, -0.05) is 24.3 Å². The molecule has 5 nitrogen and oxygen atoms in total. The number of nitrogens with one attached hydrogen (secondary N) is 1. The standard InChI is InChI=1S/C16H21N3O2/c1-12-8-13(2)19(18-12)7-6-16(21)17-10-14-4-3-5-15(9-14)11-20/h3-5,8-9,20H,6-7,10-11H2,1-2H3,(H,17,21). The number of aliphatic hydroxyl groups excluding tert-OH is 1. The molecule has 0 saturated carbocycles. The van der Waals surface area contributed by atoms with Gasteiger partial charge in [0.25, 0.3) is 0 Å². The number of hydrogen-bond donors (Lipinski definition) is 2. The van der Waals surface area contributed by atoms with Gasteiger partial charge in [0, 0.05) is 25.2 Å². The summed E-state index contributed by atoms with van der Waals surface area (Å²) >= 11 is 0. The maximum Gasteiger partial charge on any atom is 0.222 e. The average molecular weight is 287 g/mol. The van der Waals surface area contributed by atoms with Crippen LogP contribution in [0.4, 0.5) is 0 Å². The van der Waals surface area contributed by atoms with Crippen molar-refractivity contribution in [1.82, 2.24) is 15.1 Å². The minimum absolute atomic E-state index is 0.00282. The number of benzene rings is 1. The van der Waals surface area contributed by atoms with Crippen LogP contribution >= 0.6 is 0 Å². The van der Waals surface area contributed by atoms with Crippen molar-refractivity contribution < 1.29 is 9.90 Å². The van der Waals surface area contributed by atoms with Gasteiger partial charge in [0.05, 0.1) is 12.3 Å². The second-order valence-corrected chi connectivity index (χ2v) is 5.16. The second kappa shape index (κ2) is 7.04. The zero-order valence-corrected chi connectivity index (χ0v) is 12.5. The zero-order chi connectivity index (χ0) is 15.2. The van der Waals surface area contributed by atoms with Crippen molar-refractivity contribution in [3.63, 3.8) is 0 Å². The van der Waals surface area contributed by atoms with E-state index in [9.17, 15) is 4.79 Å². The van der Waals surface area contributed by atoms with Crippen LogP contribution < -0.4 is 5.32 Å². The molecule has 0 bridgehead atoms. The van der Waals surface area contributed by atoms with Gasteiger partial charge < -0.3 is 10.4 Å². The summed E-state index contributed by atoms with van der Waals surface area (Å²) in [6.45, 7) is 5.00. The summed E-state index contributed by atoms with van der Waals surface area (Å²) < 4.78 is 1.85. The molecule has 0 fully saturated rings. The SMILES string of the molecule is Cc1cc(C)n(CCC(=O)NCc2cccc(CO)c2)n1. The van der Waals surface area contributed by atoms with Crippen LogP contribution in [0.2, 0.25) is 0 Å². The van der Waals surface area contributed by atoms with Gasteiger partial charge in [-0.15, -0.1) is 0 Å². The first-order chi connectivity index (χ1) is 10.1. The largest absolute Gasteiger partial charge is 0.392 e. The summed E-state index contributed by atoms with van der Waals surface area (Å²) in [4.78, 5) is 11.9. The first kappa shape index (κ1) is 15.3. The molecular formula is C16H21N3O2. The minimum Gasteiger partial charge on any atom is -0.392 e. The molecule has 2 rings (SSSR count). The van der Waals surface area contributed by atoms with Crippen molar-refractivity contribution in [2.24, 2.45) is 0 Å². The Morgan fingerprint density at radius 1 is 1.29 bits per heavy atom. The zero-order valence-electron chi connectivity index (χ0n) is 12.5. The fourth-order valence-corrected chi connectivity index (χ4v) is 2.24. The molecule has 2 N–H and O–H groups in total. The van der Waals surface area contributed by atoms with E-state index < -0.39 is 0 Å². The molecule has 5 heteroatoms. The number of amides is 1. The first-order valence-corrected chi connectivity index (χ1v) is 7.05. The lowest BCUT2D eigenvalue weighted by Crippen LogP contribution is -2.24. The van der Waals surface area contributed by atoms with Crippen LogP contribution in [0, 0.1) is 13.8 Å². The Hall–Kier alpha value is -2.14. The van der Waals surface area contributed by atoms with E-state index in [1.165, 1.54) is 0 Å². The highest BCUT2D eigenvalue weighted by atomic mass is 16.3. The molecule has 0 aliphatic rings. The van der Waals surface area contributed by atoms with Crippen molar-refractivity contribution in [1.29, 1.82) is 0 Å². The van der Waals surface area contributed by atoms with Crippen LogP contribution in [0.1, 0.15) is 28.9 Å². The minimum atomic E-state index is -0.00282. The van der Waals surface area contributed by atoms with Crippen molar-refractivity contribution in [3.8, 4) is 0 Å². The van der Waals surface area contributed by atoms with E-state index in [1.54, 1.807) is 0 Å². The predicted octanol–water partition coefficient (Wildman–Crippen LogP) is 1.70. The van der Waals surface area contributed by atoms with Gasteiger partial charge in [0.2, 0.25) is 5.91 Å². The lowest BCUT2D eigenvalue weighted by atomic mass is 10.1. The molecule has 1 aromatic heterocycles. The molecule has 2 aromatic rings. The Labute approximate surface area is 124 Å². The summed E-state index contributed by atoms with van der Waals surface area (Å²) in [6.07, 6.45) is 0.404. The van der Waals surface area contributed by atoms with Crippen LogP contribution in [0.5, 0.6) is 0 Å². The summed E-state index contributed by atoms with van der Waals surface area (Å²) in [7, 11) is 0.